The van der Waals surface area contributed by atoms with Gasteiger partial charge in [-0.05, 0) is 115 Å². The van der Waals surface area contributed by atoms with Crippen LogP contribution in [0.2, 0.25) is 20.1 Å². The average molecular weight is 1290 g/mol. The van der Waals surface area contributed by atoms with Crippen LogP contribution in [0.15, 0.2) is 109 Å². The Morgan fingerprint density at radius 3 is 1.71 bits per heavy atom. The second-order valence-corrected chi connectivity index (χ2v) is 25.5. The van der Waals surface area contributed by atoms with Crippen molar-refractivity contribution in [3.8, 4) is 0 Å². The zero-order valence-corrected chi connectivity index (χ0v) is 51.4. The molecular weight excluding hydrogens is 1220 g/mol. The van der Waals surface area contributed by atoms with Crippen LogP contribution in [0.3, 0.4) is 0 Å². The zero-order valence-electron chi connectivity index (χ0n) is 48.4. The summed E-state index contributed by atoms with van der Waals surface area (Å²) in [5.41, 5.74) is 4.78. The number of benzene rings is 6. The topological polar surface area (TPSA) is 179 Å². The number of ether oxygens (including phenoxy) is 2. The van der Waals surface area contributed by atoms with Gasteiger partial charge in [-0.25, -0.2) is 28.3 Å². The Morgan fingerprint density at radius 1 is 0.663 bits per heavy atom. The van der Waals surface area contributed by atoms with Gasteiger partial charge < -0.3 is 34.0 Å². The van der Waals surface area contributed by atoms with Crippen molar-refractivity contribution in [2.45, 2.75) is 128 Å². The van der Waals surface area contributed by atoms with E-state index in [1.165, 1.54) is 26.4 Å². The summed E-state index contributed by atoms with van der Waals surface area (Å²) < 4.78 is 46.1. The lowest BCUT2D eigenvalue weighted by molar-refractivity contribution is -0.128. The number of carbonyl (C=O) groups is 5. The number of hydrogen-bond donors (Lipinski definition) is 3. The Morgan fingerprint density at radius 2 is 1.18 bits per heavy atom. The molecule has 2 amide bonds. The number of imidazole rings is 2. The number of esters is 2. The van der Waals surface area contributed by atoms with Crippen LogP contribution in [0.25, 0.3) is 22.1 Å². The Labute approximate surface area is 535 Å². The fourth-order valence-electron chi connectivity index (χ4n) is 14.6. The Bertz CT molecular complexity index is 4140. The molecular formula is C68H70Cl4F2N8O7. The molecule has 8 atom stereocenters. The second-order valence-electron chi connectivity index (χ2n) is 23.9. The summed E-state index contributed by atoms with van der Waals surface area (Å²) in [5.74, 6) is -2.09. The molecule has 6 aromatic carbocycles. The van der Waals surface area contributed by atoms with Crippen LogP contribution < -0.4 is 16.0 Å². The highest BCUT2D eigenvalue weighted by Crippen LogP contribution is 2.65. The number of aldehydes is 1. The van der Waals surface area contributed by atoms with Crippen LogP contribution in [0.4, 0.5) is 20.2 Å². The van der Waals surface area contributed by atoms with Crippen LogP contribution >= 0.6 is 46.4 Å². The molecule has 89 heavy (non-hydrogen) atoms. The first-order valence-electron chi connectivity index (χ1n) is 29.0. The molecule has 21 heteroatoms. The number of aromatic nitrogens is 4. The normalized spacial score (nSPS) is 23.2. The Balaban J connectivity index is 0.000000177. The molecule has 0 bridgehead atoms. The van der Waals surface area contributed by atoms with E-state index >= 15 is 8.78 Å². The number of nitrogens with one attached hydrogen (secondary N) is 3. The molecule has 466 valence electrons. The van der Waals surface area contributed by atoms with Gasteiger partial charge in [0.15, 0.2) is 0 Å². The van der Waals surface area contributed by atoms with Gasteiger partial charge in [-0.3, -0.25) is 19.8 Å². The summed E-state index contributed by atoms with van der Waals surface area (Å²) >= 11 is 25.3. The van der Waals surface area contributed by atoms with E-state index in [0.717, 1.165) is 47.4 Å². The number of likely N-dealkylation sites (tertiary alicyclic amines) is 1. The third kappa shape index (κ3) is 10.6. The molecule has 0 radical (unpaired) electrons. The Kier molecular flexibility index (Phi) is 18.3. The van der Waals surface area contributed by atoms with E-state index in [1.54, 1.807) is 72.8 Å². The largest absolute Gasteiger partial charge is 0.465 e. The van der Waals surface area contributed by atoms with Crippen molar-refractivity contribution in [3.05, 3.63) is 186 Å². The number of anilines is 2. The van der Waals surface area contributed by atoms with Gasteiger partial charge in [0.2, 0.25) is 11.8 Å². The summed E-state index contributed by atoms with van der Waals surface area (Å²) in [6, 6.07) is 31.0. The molecule has 14 rings (SSSR count). The van der Waals surface area contributed by atoms with E-state index in [4.69, 9.17) is 65.8 Å². The number of rotatable bonds is 9. The molecule has 0 aliphatic carbocycles. The molecule has 3 N–H and O–H groups in total. The molecule has 8 aromatic rings. The van der Waals surface area contributed by atoms with Gasteiger partial charge in [0.1, 0.15) is 40.6 Å². The SMILES string of the molecule is C.C.CC(C)CC=O.COC(=O)c1ccc2c(c1)nc1n2CC[C@@H]2N[C@@]3(C(=O)Nc4cc(Cl)ccc43)[C@@H](c3cccc(Cl)c3F)[C@H]12.COC(=O)c1ccc2c(c1)nc1n2CC[C@H]2[C@@H]1[C@H](c1cccc(Cl)c1F)[C@]1(C(=O)Nc3cc(Cl)ccc31)N2CCC(C)C. The van der Waals surface area contributed by atoms with E-state index in [-0.39, 0.29) is 60.6 Å². The van der Waals surface area contributed by atoms with Gasteiger partial charge >= 0.3 is 11.9 Å². The lowest BCUT2D eigenvalue weighted by atomic mass is 9.70. The maximum absolute atomic E-state index is 16.2. The van der Waals surface area contributed by atoms with Crippen molar-refractivity contribution in [2.24, 2.45) is 11.8 Å². The van der Waals surface area contributed by atoms with Crippen molar-refractivity contribution in [1.82, 2.24) is 29.3 Å². The number of carbonyl (C=O) groups excluding carboxylic acids is 5. The van der Waals surface area contributed by atoms with Crippen LogP contribution in [-0.4, -0.2) is 86.9 Å². The van der Waals surface area contributed by atoms with Crippen molar-refractivity contribution in [3.63, 3.8) is 0 Å². The lowest BCUT2D eigenvalue weighted by Crippen LogP contribution is -2.52. The maximum atomic E-state index is 16.2. The molecule has 8 heterocycles. The predicted octanol–water partition coefficient (Wildman–Crippen LogP) is 15.0. The lowest BCUT2D eigenvalue weighted by Gasteiger charge is -2.40. The first kappa shape index (κ1) is 64.7. The average Bonchev–Trinajstić information content (AvgIpc) is 1.53. The smallest absolute Gasteiger partial charge is 0.337 e. The number of amides is 2. The van der Waals surface area contributed by atoms with Crippen molar-refractivity contribution >= 4 is 110 Å². The van der Waals surface area contributed by atoms with Crippen molar-refractivity contribution in [1.29, 1.82) is 0 Å². The molecule has 2 aromatic heterocycles. The summed E-state index contributed by atoms with van der Waals surface area (Å²) in [7, 11) is 2.68. The van der Waals surface area contributed by atoms with Gasteiger partial charge in [-0.2, -0.15) is 0 Å². The predicted molar refractivity (Wildman–Crippen MR) is 345 cm³/mol. The maximum Gasteiger partial charge on any atom is 0.337 e. The van der Waals surface area contributed by atoms with Gasteiger partial charge in [0.25, 0.3) is 0 Å². The van der Waals surface area contributed by atoms with Crippen molar-refractivity contribution in [2.75, 3.05) is 31.4 Å². The fourth-order valence-corrected chi connectivity index (χ4v) is 15.3. The fraction of sp³-hybridized carbons (Fsp3) is 0.368. The number of aryl methyl sites for hydroxylation is 2. The van der Waals surface area contributed by atoms with E-state index < -0.39 is 46.5 Å². The molecule has 6 aliphatic rings. The third-order valence-corrected chi connectivity index (χ3v) is 19.3. The van der Waals surface area contributed by atoms with E-state index in [0.29, 0.717) is 105 Å². The highest BCUT2D eigenvalue weighted by molar-refractivity contribution is 6.32. The first-order chi connectivity index (χ1) is 41.8. The minimum Gasteiger partial charge on any atom is -0.465 e. The molecule has 2 spiro atoms. The molecule has 6 aliphatic heterocycles. The summed E-state index contributed by atoms with van der Waals surface area (Å²) in [6.45, 7) is 10.3. The minimum absolute atomic E-state index is 0. The molecule has 2 fully saturated rings. The summed E-state index contributed by atoms with van der Waals surface area (Å²) in [6.07, 6.45) is 3.92. The third-order valence-electron chi connectivity index (χ3n) is 18.2. The monoisotopic (exact) mass is 1290 g/mol. The van der Waals surface area contributed by atoms with E-state index in [2.05, 4.69) is 43.8 Å². The molecule has 0 saturated carbocycles. The van der Waals surface area contributed by atoms with Crippen LogP contribution in [-0.2, 0) is 48.0 Å². The van der Waals surface area contributed by atoms with Crippen LogP contribution in [0.1, 0.15) is 147 Å². The van der Waals surface area contributed by atoms with Crippen LogP contribution in [0.5, 0.6) is 0 Å². The molecule has 2 saturated heterocycles. The molecule has 0 unspecified atom stereocenters. The highest BCUT2D eigenvalue weighted by Gasteiger charge is 2.69. The van der Waals surface area contributed by atoms with E-state index in [1.807, 2.05) is 38.1 Å². The second kappa shape index (κ2) is 25.2. The van der Waals surface area contributed by atoms with Gasteiger partial charge in [0, 0.05) is 94.4 Å². The first-order valence-corrected chi connectivity index (χ1v) is 30.5. The van der Waals surface area contributed by atoms with Gasteiger partial charge in [-0.1, -0.05) is 125 Å². The van der Waals surface area contributed by atoms with Crippen molar-refractivity contribution < 1.29 is 42.2 Å². The van der Waals surface area contributed by atoms with Gasteiger partial charge in [0.05, 0.1) is 57.5 Å². The minimum atomic E-state index is -1.26. The summed E-state index contributed by atoms with van der Waals surface area (Å²) in [4.78, 5) is 74.9. The number of halogens is 6. The number of nitrogens with zero attached hydrogens (tertiary/aromatic N) is 5. The quantitative estimate of drug-likeness (QED) is 0.0925. The Hall–Kier alpha value is -7.25. The number of methoxy groups -OCH3 is 2. The zero-order chi connectivity index (χ0) is 61.5. The number of fused-ring (bicyclic) bond motifs is 14. The standard InChI is InChI=1S/C33H31Cl2FN4O3.C28H21Cl2FN4O3.C5H10O.2CH4/c1-17(2)11-14-40-26-12-13-39-25-10-7-18(31(41)43-3)15-24(25)37-30(39)27(26)28(20-5-4-6-22(35)29(20)36)33(40)21-9-8-19(34)16-23(21)38-32(33)42;1-38-26(36)13-5-8-21-20(11-13)32-25-22-18(9-10-35(21)25)34-28(23(22)15-3-2-4-17(30)24(15)31)16-7-6-14(29)12-19(16)33-27(28)37;1-5(2)3-4-6;;/h4-10,15-17,26-28H,11-14H2,1-3H3,(H,38,42);2-8,11-12,18,22-23,34H,9-10H2,1H3,(H,33,37);4-5H,3H2,1-2H3;2*1H4/t26-,27+,28-,33+;18-,22+,23-,28+;;;/m00.../s1. The highest BCUT2D eigenvalue weighted by atomic mass is 35.5. The van der Waals surface area contributed by atoms with E-state index in [9.17, 15) is 24.0 Å². The summed E-state index contributed by atoms with van der Waals surface area (Å²) in [5, 5.41) is 10.7. The van der Waals surface area contributed by atoms with Crippen LogP contribution in [0, 0.1) is 23.5 Å². The number of hydrogen-bond acceptors (Lipinski definition) is 11. The molecule has 15 nitrogen and oxygen atoms in total. The van der Waals surface area contributed by atoms with Gasteiger partial charge in [-0.15, -0.1) is 0 Å².